The molecule has 0 spiro atoms. The summed E-state index contributed by atoms with van der Waals surface area (Å²) >= 11 is 0. The number of nitrogens with two attached hydrogens (primary N) is 1. The molecule has 1 unspecified atom stereocenters. The molecule has 3 nitrogen and oxygen atoms in total. The van der Waals surface area contributed by atoms with Crippen molar-refractivity contribution in [1.82, 2.24) is 4.57 Å². The molecule has 1 saturated carbocycles. The second kappa shape index (κ2) is 3.48. The largest absolute Gasteiger partial charge is 0.398 e. The first-order valence-electron chi connectivity index (χ1n) is 5.13. The minimum Gasteiger partial charge on any atom is -0.398 e. The van der Waals surface area contributed by atoms with Crippen molar-refractivity contribution in [2.75, 3.05) is 5.73 Å². The molecular formula is C11H16N2O. The van der Waals surface area contributed by atoms with Crippen LogP contribution < -0.4 is 11.3 Å². The van der Waals surface area contributed by atoms with Gasteiger partial charge in [0.1, 0.15) is 0 Å². The molecule has 2 rings (SSSR count). The topological polar surface area (TPSA) is 48.0 Å². The van der Waals surface area contributed by atoms with Gasteiger partial charge < -0.3 is 10.3 Å². The van der Waals surface area contributed by atoms with Crippen LogP contribution in [-0.2, 0) is 6.54 Å². The van der Waals surface area contributed by atoms with E-state index in [0.29, 0.717) is 11.6 Å². The molecule has 0 aliphatic heterocycles. The van der Waals surface area contributed by atoms with Crippen LogP contribution in [0.2, 0.25) is 0 Å². The third-order valence-corrected chi connectivity index (χ3v) is 2.92. The quantitative estimate of drug-likeness (QED) is 0.788. The van der Waals surface area contributed by atoms with E-state index in [-0.39, 0.29) is 5.56 Å². The molecule has 0 radical (unpaired) electrons. The number of rotatable bonds is 3. The van der Waals surface area contributed by atoms with Gasteiger partial charge in [-0.1, -0.05) is 6.92 Å². The van der Waals surface area contributed by atoms with E-state index in [2.05, 4.69) is 6.92 Å². The molecule has 1 aliphatic rings. The van der Waals surface area contributed by atoms with Crippen LogP contribution in [0.1, 0.15) is 19.8 Å². The number of nitrogens with zero attached hydrogens (tertiary/aromatic N) is 1. The molecule has 0 saturated heterocycles. The van der Waals surface area contributed by atoms with Gasteiger partial charge in [-0.05, 0) is 30.7 Å². The van der Waals surface area contributed by atoms with Crippen LogP contribution >= 0.6 is 0 Å². The van der Waals surface area contributed by atoms with Crippen molar-refractivity contribution in [2.24, 2.45) is 11.8 Å². The highest BCUT2D eigenvalue weighted by molar-refractivity contribution is 5.33. The Labute approximate surface area is 83.5 Å². The van der Waals surface area contributed by atoms with Crippen molar-refractivity contribution >= 4 is 5.69 Å². The minimum atomic E-state index is 0.0479. The first-order valence-corrected chi connectivity index (χ1v) is 5.13. The van der Waals surface area contributed by atoms with Crippen LogP contribution in [0.3, 0.4) is 0 Å². The van der Waals surface area contributed by atoms with E-state index in [1.807, 2.05) is 0 Å². The van der Waals surface area contributed by atoms with Gasteiger partial charge in [0.25, 0.3) is 5.56 Å². The summed E-state index contributed by atoms with van der Waals surface area (Å²) in [4.78, 5) is 11.5. The fourth-order valence-corrected chi connectivity index (χ4v) is 1.82. The molecule has 76 valence electrons. The van der Waals surface area contributed by atoms with E-state index in [9.17, 15) is 4.79 Å². The van der Waals surface area contributed by atoms with Gasteiger partial charge in [-0.3, -0.25) is 4.79 Å². The first kappa shape index (κ1) is 9.31. The third kappa shape index (κ3) is 1.97. The Morgan fingerprint density at radius 3 is 2.93 bits per heavy atom. The average molecular weight is 192 g/mol. The van der Waals surface area contributed by atoms with Crippen molar-refractivity contribution in [1.29, 1.82) is 0 Å². The van der Waals surface area contributed by atoms with Gasteiger partial charge in [-0.15, -0.1) is 0 Å². The Bertz CT molecular complexity index is 379. The molecule has 2 N–H and O–H groups in total. The Hall–Kier alpha value is -1.25. The number of aromatic nitrogens is 1. The lowest BCUT2D eigenvalue weighted by Crippen LogP contribution is -2.22. The summed E-state index contributed by atoms with van der Waals surface area (Å²) in [6, 6.07) is 3.19. The average Bonchev–Trinajstić information content (AvgIpc) is 2.94. The second-order valence-electron chi connectivity index (χ2n) is 4.27. The molecular weight excluding hydrogens is 176 g/mol. The molecule has 1 aromatic rings. The molecule has 14 heavy (non-hydrogen) atoms. The zero-order chi connectivity index (χ0) is 10.1. The predicted molar refractivity (Wildman–Crippen MR) is 57.0 cm³/mol. The molecule has 1 aromatic heterocycles. The summed E-state index contributed by atoms with van der Waals surface area (Å²) in [7, 11) is 0. The molecule has 3 heteroatoms. The lowest BCUT2D eigenvalue weighted by molar-refractivity contribution is 0.423. The first-order chi connectivity index (χ1) is 6.66. The fraction of sp³-hybridized carbons (Fsp3) is 0.545. The van der Waals surface area contributed by atoms with E-state index in [1.165, 1.54) is 18.9 Å². The maximum atomic E-state index is 11.5. The van der Waals surface area contributed by atoms with Crippen molar-refractivity contribution < 1.29 is 0 Å². The number of nitrogen functional groups attached to an aromatic ring is 1. The highest BCUT2D eigenvalue weighted by Gasteiger charge is 2.27. The van der Waals surface area contributed by atoms with Gasteiger partial charge in [0.15, 0.2) is 0 Å². The number of hydrogen-bond acceptors (Lipinski definition) is 2. The zero-order valence-corrected chi connectivity index (χ0v) is 8.44. The minimum absolute atomic E-state index is 0.0479. The summed E-state index contributed by atoms with van der Waals surface area (Å²) in [6.07, 6.45) is 4.37. The van der Waals surface area contributed by atoms with E-state index in [0.717, 1.165) is 12.5 Å². The third-order valence-electron chi connectivity index (χ3n) is 2.92. The van der Waals surface area contributed by atoms with Gasteiger partial charge >= 0.3 is 0 Å². The second-order valence-corrected chi connectivity index (χ2v) is 4.27. The molecule has 0 amide bonds. The Morgan fingerprint density at radius 1 is 1.57 bits per heavy atom. The molecule has 1 atom stereocenters. The monoisotopic (exact) mass is 192 g/mol. The van der Waals surface area contributed by atoms with Crippen LogP contribution in [0.5, 0.6) is 0 Å². The highest BCUT2D eigenvalue weighted by Crippen LogP contribution is 2.37. The van der Waals surface area contributed by atoms with Gasteiger partial charge in [0.2, 0.25) is 0 Å². The maximum absolute atomic E-state index is 11.5. The van der Waals surface area contributed by atoms with Crippen molar-refractivity contribution in [3.8, 4) is 0 Å². The molecule has 0 aromatic carbocycles. The van der Waals surface area contributed by atoms with Crippen molar-refractivity contribution in [3.63, 3.8) is 0 Å². The maximum Gasteiger partial charge on any atom is 0.250 e. The van der Waals surface area contributed by atoms with E-state index >= 15 is 0 Å². The Morgan fingerprint density at radius 2 is 2.29 bits per heavy atom. The zero-order valence-electron chi connectivity index (χ0n) is 8.44. The Balaban J connectivity index is 2.14. The van der Waals surface area contributed by atoms with Gasteiger partial charge in [-0.2, -0.15) is 0 Å². The molecule has 1 fully saturated rings. The number of pyridine rings is 1. The smallest absolute Gasteiger partial charge is 0.250 e. The van der Waals surface area contributed by atoms with Crippen molar-refractivity contribution in [3.05, 3.63) is 28.7 Å². The Kier molecular flexibility index (Phi) is 2.32. The number of hydrogen-bond donors (Lipinski definition) is 1. The van der Waals surface area contributed by atoms with Gasteiger partial charge in [-0.25, -0.2) is 0 Å². The normalized spacial score (nSPS) is 18.1. The summed E-state index contributed by atoms with van der Waals surface area (Å²) in [6.45, 7) is 3.00. The van der Waals surface area contributed by atoms with Crippen LogP contribution in [0.15, 0.2) is 23.1 Å². The predicted octanol–water partition coefficient (Wildman–Crippen LogP) is 1.48. The van der Waals surface area contributed by atoms with E-state index < -0.39 is 0 Å². The lowest BCUT2D eigenvalue weighted by Gasteiger charge is -2.12. The summed E-state index contributed by atoms with van der Waals surface area (Å²) in [5.41, 5.74) is 6.34. The van der Waals surface area contributed by atoms with Crippen LogP contribution in [0, 0.1) is 11.8 Å². The van der Waals surface area contributed by atoms with Gasteiger partial charge in [0.05, 0.1) is 0 Å². The van der Waals surface area contributed by atoms with Gasteiger partial charge in [0, 0.05) is 24.5 Å². The van der Waals surface area contributed by atoms with E-state index in [1.54, 1.807) is 16.8 Å². The summed E-state index contributed by atoms with van der Waals surface area (Å²) in [5.74, 6) is 1.41. The molecule has 1 heterocycles. The van der Waals surface area contributed by atoms with Crippen LogP contribution in [-0.4, -0.2) is 4.57 Å². The van der Waals surface area contributed by atoms with Crippen molar-refractivity contribution in [2.45, 2.75) is 26.3 Å². The van der Waals surface area contributed by atoms with Crippen LogP contribution in [0.4, 0.5) is 5.69 Å². The highest BCUT2D eigenvalue weighted by atomic mass is 16.1. The van der Waals surface area contributed by atoms with E-state index in [4.69, 9.17) is 5.73 Å². The summed E-state index contributed by atoms with van der Waals surface area (Å²) in [5, 5.41) is 0. The molecule has 0 bridgehead atoms. The molecule has 1 aliphatic carbocycles. The van der Waals surface area contributed by atoms with Crippen LogP contribution in [0.25, 0.3) is 0 Å². The summed E-state index contributed by atoms with van der Waals surface area (Å²) < 4.78 is 1.72. The lowest BCUT2D eigenvalue weighted by atomic mass is 10.1. The standard InChI is InChI=1S/C11H16N2O/c1-8(9-2-3-9)6-13-7-10(12)4-5-11(13)14/h4-5,7-9H,2-3,6,12H2,1H3. The number of anilines is 1. The SMILES string of the molecule is CC(Cn1cc(N)ccc1=O)C1CC1. The fourth-order valence-electron chi connectivity index (χ4n) is 1.82.